The van der Waals surface area contributed by atoms with Crippen molar-refractivity contribution >= 4 is 48.0 Å². The van der Waals surface area contributed by atoms with Crippen molar-refractivity contribution in [2.24, 2.45) is 0 Å². The molecule has 0 saturated carbocycles. The number of ketones is 1. The van der Waals surface area contributed by atoms with Gasteiger partial charge in [-0.25, -0.2) is 4.79 Å². The van der Waals surface area contributed by atoms with Gasteiger partial charge in [0.05, 0.1) is 4.88 Å². The molecule has 1 aromatic heterocycles. The van der Waals surface area contributed by atoms with E-state index in [2.05, 4.69) is 0 Å². The van der Waals surface area contributed by atoms with E-state index < -0.39 is 31.7 Å². The summed E-state index contributed by atoms with van der Waals surface area (Å²) in [6, 6.07) is 6.96. The molecular formula is C14H13ClNO6PS. The van der Waals surface area contributed by atoms with E-state index in [1.165, 1.54) is 30.3 Å². The van der Waals surface area contributed by atoms with E-state index in [1.54, 1.807) is 11.4 Å². The molecule has 7 nitrogen and oxygen atoms in total. The Balaban J connectivity index is 2.49. The van der Waals surface area contributed by atoms with E-state index in [-0.39, 0.29) is 10.6 Å². The Morgan fingerprint density at radius 3 is 2.29 bits per heavy atom. The van der Waals surface area contributed by atoms with E-state index in [9.17, 15) is 29.0 Å². The van der Waals surface area contributed by atoms with Crippen molar-refractivity contribution in [3.63, 3.8) is 0 Å². The Morgan fingerprint density at radius 2 is 1.83 bits per heavy atom. The van der Waals surface area contributed by atoms with Crippen LogP contribution < -0.4 is 4.90 Å². The first-order valence-corrected chi connectivity index (χ1v) is 9.62. The Bertz CT molecular complexity index is 773. The lowest BCUT2D eigenvalue weighted by Crippen LogP contribution is -2.47. The lowest BCUT2D eigenvalue weighted by molar-refractivity contribution is -0.137. The van der Waals surface area contributed by atoms with Gasteiger partial charge in [0.15, 0.2) is 6.04 Å². The number of halogens is 1. The molecule has 10 heteroatoms. The van der Waals surface area contributed by atoms with Gasteiger partial charge in [-0.2, -0.15) is 0 Å². The van der Waals surface area contributed by atoms with Crippen molar-refractivity contribution in [3.8, 4) is 0 Å². The molecule has 0 aliphatic heterocycles. The summed E-state index contributed by atoms with van der Waals surface area (Å²) < 4.78 is 11.4. The zero-order valence-corrected chi connectivity index (χ0v) is 14.5. The number of Topliss-reactive ketones (excluding diaryl/α,β-unsaturated/α-hetero) is 1. The molecular weight excluding hydrogens is 377 g/mol. The molecule has 128 valence electrons. The summed E-state index contributed by atoms with van der Waals surface area (Å²) >= 11 is 6.84. The fourth-order valence-corrected chi connectivity index (χ4v) is 3.62. The maximum Gasteiger partial charge on any atom is 0.344 e. The summed E-state index contributed by atoms with van der Waals surface area (Å²) in [7, 11) is -4.63. The molecule has 3 N–H and O–H groups in total. The summed E-state index contributed by atoms with van der Waals surface area (Å²) in [5.74, 6) is -2.25. The van der Waals surface area contributed by atoms with E-state index >= 15 is 0 Å². The van der Waals surface area contributed by atoms with Crippen molar-refractivity contribution in [1.29, 1.82) is 0 Å². The van der Waals surface area contributed by atoms with Gasteiger partial charge in [0.1, 0.15) is 6.29 Å². The fraction of sp³-hybridized carbons (Fsp3) is 0.143. The third-order valence-corrected chi connectivity index (χ3v) is 4.86. The second kappa shape index (κ2) is 7.46. The number of carbonyl (C=O) groups excluding carboxylic acids is 1. The molecule has 1 heterocycles. The molecule has 1 atom stereocenters. The van der Waals surface area contributed by atoms with Crippen LogP contribution in [-0.4, -0.2) is 39.0 Å². The molecule has 0 saturated heterocycles. The lowest BCUT2D eigenvalue weighted by Gasteiger charge is -2.30. The molecule has 0 amide bonds. The number of hydrogen-bond acceptors (Lipinski definition) is 5. The summed E-state index contributed by atoms with van der Waals surface area (Å²) in [4.78, 5) is 43.8. The second-order valence-electron chi connectivity index (χ2n) is 4.83. The van der Waals surface area contributed by atoms with Crippen molar-refractivity contribution in [1.82, 2.24) is 0 Å². The minimum absolute atomic E-state index is 0.167. The lowest BCUT2D eigenvalue weighted by atomic mass is 10.1. The Morgan fingerprint density at radius 1 is 1.21 bits per heavy atom. The van der Waals surface area contributed by atoms with Crippen LogP contribution in [0.1, 0.15) is 9.67 Å². The predicted molar refractivity (Wildman–Crippen MR) is 90.9 cm³/mol. The van der Waals surface area contributed by atoms with Gasteiger partial charge in [0.25, 0.3) is 0 Å². The van der Waals surface area contributed by atoms with Crippen LogP contribution in [0.15, 0.2) is 41.8 Å². The van der Waals surface area contributed by atoms with Crippen molar-refractivity contribution in [2.45, 2.75) is 6.04 Å². The fourth-order valence-electron chi connectivity index (χ4n) is 2.08. The highest BCUT2D eigenvalue weighted by Gasteiger charge is 2.37. The first kappa shape index (κ1) is 18.6. The van der Waals surface area contributed by atoms with Crippen LogP contribution in [0, 0.1) is 0 Å². The summed E-state index contributed by atoms with van der Waals surface area (Å²) in [5.41, 5.74) is 0.167. The van der Waals surface area contributed by atoms with Crippen molar-refractivity contribution in [2.75, 3.05) is 11.2 Å². The first-order valence-electron chi connectivity index (χ1n) is 6.56. The van der Waals surface area contributed by atoms with Gasteiger partial charge in [-0.05, 0) is 35.7 Å². The average molecular weight is 390 g/mol. The van der Waals surface area contributed by atoms with Gasteiger partial charge in [-0.1, -0.05) is 17.7 Å². The molecule has 0 aliphatic carbocycles. The van der Waals surface area contributed by atoms with Gasteiger partial charge in [0, 0.05) is 10.7 Å². The van der Waals surface area contributed by atoms with E-state index in [0.717, 1.165) is 16.2 Å². The highest BCUT2D eigenvalue weighted by Crippen LogP contribution is 2.38. The Hall–Kier alpha value is -1.70. The zero-order chi connectivity index (χ0) is 17.9. The zero-order valence-electron chi connectivity index (χ0n) is 12.1. The number of anilines is 1. The molecule has 0 radical (unpaired) electrons. The van der Waals surface area contributed by atoms with Crippen LogP contribution in [0.5, 0.6) is 0 Å². The van der Waals surface area contributed by atoms with E-state index in [4.69, 9.17) is 11.6 Å². The molecule has 24 heavy (non-hydrogen) atoms. The highest BCUT2D eigenvalue weighted by molar-refractivity contribution is 7.51. The molecule has 2 rings (SSSR count). The largest absolute Gasteiger partial charge is 0.479 e. The van der Waals surface area contributed by atoms with Crippen LogP contribution in [0.2, 0.25) is 5.02 Å². The predicted octanol–water partition coefficient (Wildman–Crippen LogP) is 2.68. The SMILES string of the molecule is O=C(O)C(C(=O)c1cccs1)N(CP(=O)(O)O)c1ccc(Cl)cc1. The normalized spacial score (nSPS) is 12.6. The standard InChI is InChI=1S/C14H13ClNO6PS/c15-9-3-5-10(6-4-9)16(8-23(20,21)22)12(14(18)19)13(17)11-2-1-7-24-11/h1-7,12H,8H2,(H,18,19)(H2,20,21,22). The number of carbonyl (C=O) groups is 2. The van der Waals surface area contributed by atoms with Gasteiger partial charge in [0.2, 0.25) is 5.78 Å². The van der Waals surface area contributed by atoms with Gasteiger partial charge in [-0.3, -0.25) is 9.36 Å². The maximum atomic E-state index is 12.5. The second-order valence-corrected chi connectivity index (χ2v) is 7.83. The monoisotopic (exact) mass is 389 g/mol. The third kappa shape index (κ3) is 4.66. The number of carboxylic acids is 1. The minimum Gasteiger partial charge on any atom is -0.479 e. The molecule has 0 bridgehead atoms. The van der Waals surface area contributed by atoms with Crippen LogP contribution in [0.4, 0.5) is 5.69 Å². The molecule has 0 fully saturated rings. The summed E-state index contributed by atoms with van der Waals surface area (Å²) in [6.45, 7) is 0. The van der Waals surface area contributed by atoms with Crippen LogP contribution in [-0.2, 0) is 9.36 Å². The molecule has 0 spiro atoms. The Kier molecular flexibility index (Phi) is 5.79. The molecule has 1 unspecified atom stereocenters. The van der Waals surface area contributed by atoms with E-state index in [0.29, 0.717) is 5.02 Å². The minimum atomic E-state index is -4.63. The van der Waals surface area contributed by atoms with Crippen LogP contribution >= 0.6 is 30.5 Å². The van der Waals surface area contributed by atoms with Gasteiger partial charge >= 0.3 is 13.6 Å². The van der Waals surface area contributed by atoms with Gasteiger partial charge in [-0.15, -0.1) is 11.3 Å². The summed E-state index contributed by atoms with van der Waals surface area (Å²) in [6.07, 6.45) is -0.914. The van der Waals surface area contributed by atoms with Crippen LogP contribution in [0.3, 0.4) is 0 Å². The van der Waals surface area contributed by atoms with Gasteiger partial charge < -0.3 is 19.8 Å². The molecule has 2 aromatic rings. The third-order valence-electron chi connectivity index (χ3n) is 3.05. The van der Waals surface area contributed by atoms with Crippen molar-refractivity contribution < 1.29 is 29.0 Å². The topological polar surface area (TPSA) is 115 Å². The first-order chi connectivity index (χ1) is 11.2. The smallest absolute Gasteiger partial charge is 0.344 e. The number of rotatable bonds is 7. The highest BCUT2D eigenvalue weighted by atomic mass is 35.5. The number of benzene rings is 1. The van der Waals surface area contributed by atoms with Crippen LogP contribution in [0.25, 0.3) is 0 Å². The number of nitrogens with zero attached hydrogens (tertiary/aromatic N) is 1. The quantitative estimate of drug-likeness (QED) is 0.379. The maximum absolute atomic E-state index is 12.5. The molecule has 0 aliphatic rings. The Labute approximate surface area is 146 Å². The molecule has 1 aromatic carbocycles. The van der Waals surface area contributed by atoms with Crippen molar-refractivity contribution in [3.05, 3.63) is 51.7 Å². The number of carboxylic acid groups (broad SMARTS) is 1. The van der Waals surface area contributed by atoms with E-state index in [1.807, 2.05) is 0 Å². The number of thiophene rings is 1. The summed E-state index contributed by atoms with van der Waals surface area (Å²) in [5, 5.41) is 11.5. The number of aliphatic carboxylic acids is 1. The average Bonchev–Trinajstić information content (AvgIpc) is 2.99. The number of hydrogen-bond donors (Lipinski definition) is 3.